The Morgan fingerprint density at radius 3 is 2.00 bits per heavy atom. The van der Waals surface area contributed by atoms with Crippen molar-refractivity contribution in [1.29, 1.82) is 0 Å². The summed E-state index contributed by atoms with van der Waals surface area (Å²) in [6, 6.07) is 0. The molecular weight excluding hydrogens is 114 g/mol. The molecule has 0 amide bonds. The van der Waals surface area contributed by atoms with Crippen molar-refractivity contribution in [3.05, 3.63) is 38.4 Å². The van der Waals surface area contributed by atoms with Crippen molar-refractivity contribution in [2.24, 2.45) is 0 Å². The summed E-state index contributed by atoms with van der Waals surface area (Å²) in [4.78, 5) is 1.04. The van der Waals surface area contributed by atoms with Crippen LogP contribution in [0.3, 0.4) is 0 Å². The van der Waals surface area contributed by atoms with Gasteiger partial charge in [0.05, 0.1) is 0 Å². The van der Waals surface area contributed by atoms with Gasteiger partial charge in [-0.2, -0.15) is 0 Å². The standard InChI is InChI=1S/C7H8NO/c1-6(2)8(5-9)7(3)4/h1-4H2. The summed E-state index contributed by atoms with van der Waals surface area (Å²) in [5.74, 6) is 0. The van der Waals surface area contributed by atoms with Crippen LogP contribution in [0.4, 0.5) is 0 Å². The molecule has 0 saturated carbocycles. The fourth-order valence-corrected chi connectivity index (χ4v) is 0.353. The Kier molecular flexibility index (Phi) is 2.65. The van der Waals surface area contributed by atoms with Crippen molar-refractivity contribution in [1.82, 2.24) is 4.90 Å². The van der Waals surface area contributed by atoms with Gasteiger partial charge in [-0.25, -0.2) is 0 Å². The molecule has 0 rings (SSSR count). The van der Waals surface area contributed by atoms with Crippen molar-refractivity contribution in [2.45, 2.75) is 0 Å². The Hall–Kier alpha value is -1.11. The zero-order valence-corrected chi connectivity index (χ0v) is 5.18. The van der Waals surface area contributed by atoms with Crippen LogP contribution in [0.2, 0.25) is 0 Å². The predicted molar refractivity (Wildman–Crippen MR) is 35.4 cm³/mol. The van der Waals surface area contributed by atoms with Crippen molar-refractivity contribution in [2.75, 3.05) is 0 Å². The average Bonchev–Trinajstić information content (AvgIpc) is 1.64. The molecule has 1 radical (unpaired) electrons. The quantitative estimate of drug-likeness (QED) is 0.308. The van der Waals surface area contributed by atoms with Gasteiger partial charge in [0, 0.05) is 0 Å². The average molecular weight is 122 g/mol. The summed E-state index contributed by atoms with van der Waals surface area (Å²) >= 11 is 0. The van der Waals surface area contributed by atoms with E-state index in [1.54, 1.807) is 6.27 Å². The third-order valence-corrected chi connectivity index (χ3v) is 0.724. The van der Waals surface area contributed by atoms with Gasteiger partial charge in [-0.1, -0.05) is 0 Å². The Balaban J connectivity index is 4.22. The molecule has 0 unspecified atom stereocenters. The molecule has 0 bridgehead atoms. The summed E-state index contributed by atoms with van der Waals surface area (Å²) in [6.07, 6.45) is 1.56. The van der Waals surface area contributed by atoms with Crippen LogP contribution < -0.4 is 0 Å². The molecule has 0 fully saturated rings. The van der Waals surface area contributed by atoms with Gasteiger partial charge in [0.2, 0.25) is 0 Å². The molecule has 9 heavy (non-hydrogen) atoms. The van der Waals surface area contributed by atoms with Gasteiger partial charge in [-0.3, -0.25) is 0 Å². The first kappa shape index (κ1) is 7.89. The fraction of sp³-hybridized carbons (Fsp3) is 0. The van der Waals surface area contributed by atoms with E-state index in [1.807, 2.05) is 0 Å². The molecule has 0 saturated heterocycles. The number of hydrogen-bond acceptors (Lipinski definition) is 1. The second-order valence-corrected chi connectivity index (χ2v) is 1.56. The van der Waals surface area contributed by atoms with Gasteiger partial charge < -0.3 is 0 Å². The van der Waals surface area contributed by atoms with E-state index in [2.05, 4.69) is 27.0 Å². The maximum atomic E-state index is 9.99. The van der Waals surface area contributed by atoms with E-state index in [0.717, 1.165) is 4.90 Å². The van der Waals surface area contributed by atoms with E-state index in [1.165, 1.54) is 0 Å². The molecule has 0 aliphatic rings. The van der Waals surface area contributed by atoms with Gasteiger partial charge in [0.1, 0.15) is 0 Å². The number of rotatable bonds is 2. The van der Waals surface area contributed by atoms with Crippen LogP contribution >= 0.6 is 0 Å². The summed E-state index contributed by atoms with van der Waals surface area (Å²) in [7, 11) is 0. The molecule has 2 heteroatoms. The van der Waals surface area contributed by atoms with Gasteiger partial charge in [-0.15, -0.1) is 0 Å². The van der Waals surface area contributed by atoms with Crippen LogP contribution in [0, 0.1) is 20.1 Å². The molecule has 2 nitrogen and oxygen atoms in total. The van der Waals surface area contributed by atoms with E-state index in [4.69, 9.17) is 0 Å². The molecule has 0 aromatic rings. The third kappa shape index (κ3) is 2.08. The fourth-order valence-electron chi connectivity index (χ4n) is 0.353. The van der Waals surface area contributed by atoms with E-state index in [9.17, 15) is 4.65 Å². The van der Waals surface area contributed by atoms with Gasteiger partial charge in [0.25, 0.3) is 0 Å². The molecule has 0 spiro atoms. The monoisotopic (exact) mass is 122 g/mol. The molecule has 0 atom stereocenters. The molecule has 47 valence electrons. The van der Waals surface area contributed by atoms with Gasteiger partial charge in [0.15, 0.2) is 0 Å². The molecule has 0 aromatic carbocycles. The van der Waals surface area contributed by atoms with Crippen LogP contribution in [0.5, 0.6) is 0 Å². The Morgan fingerprint density at radius 2 is 2.00 bits per heavy atom. The number of hydrogen-bond donors (Lipinski definition) is 0. The van der Waals surface area contributed by atoms with Crippen molar-refractivity contribution in [3.8, 4) is 6.27 Å². The minimum atomic E-state index is 0.324. The van der Waals surface area contributed by atoms with Crippen LogP contribution in [0.15, 0.2) is 24.6 Å². The first-order valence-corrected chi connectivity index (χ1v) is 2.29. The van der Waals surface area contributed by atoms with Crippen LogP contribution in [-0.2, 0) is 4.65 Å². The molecule has 0 N–H and O–H groups in total. The van der Waals surface area contributed by atoms with Crippen LogP contribution in [-0.4, -0.2) is 4.90 Å². The summed E-state index contributed by atoms with van der Waals surface area (Å²) < 4.78 is 9.99. The Morgan fingerprint density at radius 1 is 1.56 bits per heavy atom. The van der Waals surface area contributed by atoms with E-state index < -0.39 is 0 Å². The molecule has 0 heterocycles. The zero-order valence-electron chi connectivity index (χ0n) is 5.18. The van der Waals surface area contributed by atoms with Crippen molar-refractivity contribution in [3.63, 3.8) is 0 Å². The normalized spacial score (nSPS) is 7.56. The summed E-state index contributed by atoms with van der Waals surface area (Å²) in [6.45, 7) is 13.6. The predicted octanol–water partition coefficient (Wildman–Crippen LogP) is 1.33. The topological polar surface area (TPSA) is 23.1 Å². The minimum absolute atomic E-state index is 0.324. The summed E-state index contributed by atoms with van der Waals surface area (Å²) in [5, 5.41) is 0. The number of nitrogens with zero attached hydrogens (tertiary/aromatic N) is 1. The molecule has 0 aromatic heterocycles. The van der Waals surface area contributed by atoms with Crippen molar-refractivity contribution >= 4 is 0 Å². The third-order valence-electron chi connectivity index (χ3n) is 0.724. The van der Waals surface area contributed by atoms with E-state index >= 15 is 0 Å². The first-order valence-electron chi connectivity index (χ1n) is 2.29. The van der Waals surface area contributed by atoms with Gasteiger partial charge in [-0.05, 0) is 0 Å². The van der Waals surface area contributed by atoms with E-state index in [-0.39, 0.29) is 0 Å². The number of allylic oxidation sites excluding steroid dienone is 2. The van der Waals surface area contributed by atoms with Crippen LogP contribution in [0.1, 0.15) is 0 Å². The SMILES string of the molecule is [CH2]C(=C)N(C#[O+])C(=C)[CH2-]. The second kappa shape index (κ2) is 3.02. The van der Waals surface area contributed by atoms with Gasteiger partial charge >= 0.3 is 54.2 Å². The second-order valence-electron chi connectivity index (χ2n) is 1.56. The van der Waals surface area contributed by atoms with Crippen LogP contribution in [0.25, 0.3) is 0 Å². The first-order chi connectivity index (χ1) is 4.09. The molecular formula is C7H8NO. The maximum absolute atomic E-state index is 9.99. The molecule has 0 aliphatic heterocycles. The van der Waals surface area contributed by atoms with E-state index in [0.29, 0.717) is 11.4 Å². The molecule has 0 aliphatic carbocycles. The summed E-state index contributed by atoms with van der Waals surface area (Å²) in [5.41, 5.74) is 0.648. The zero-order chi connectivity index (χ0) is 7.44. The Labute approximate surface area is 55.2 Å². The Bertz CT molecular complexity index is 162. The van der Waals surface area contributed by atoms with Crippen molar-refractivity contribution < 1.29 is 4.65 Å².